The molecule has 0 spiro atoms. The van der Waals surface area contributed by atoms with Gasteiger partial charge in [-0.15, -0.1) is 22.7 Å². The maximum Gasteiger partial charge on any atom is 0.125 e. The normalized spacial score (nSPS) is 19.3. The van der Waals surface area contributed by atoms with Gasteiger partial charge >= 0.3 is 0 Å². The Morgan fingerprint density at radius 3 is 3.21 bits per heavy atom. The molecule has 0 saturated carbocycles. The molecule has 1 fully saturated rings. The second-order valence-corrected chi connectivity index (χ2v) is 6.56. The maximum absolute atomic E-state index is 4.77. The second kappa shape index (κ2) is 4.67. The molecule has 1 aliphatic rings. The van der Waals surface area contributed by atoms with Crippen molar-refractivity contribution in [1.29, 1.82) is 0 Å². The Kier molecular flexibility index (Phi) is 2.83. The molecule has 3 nitrogen and oxygen atoms in total. The van der Waals surface area contributed by atoms with Gasteiger partial charge in [0.25, 0.3) is 0 Å². The number of hydrogen-bond donors (Lipinski definition) is 1. The zero-order chi connectivity index (χ0) is 12.7. The molecule has 96 valence electrons. The second-order valence-electron chi connectivity index (χ2n) is 4.75. The van der Waals surface area contributed by atoms with E-state index in [2.05, 4.69) is 33.2 Å². The summed E-state index contributed by atoms with van der Waals surface area (Å²) in [6.07, 6.45) is 4.38. The lowest BCUT2D eigenvalue weighted by Crippen LogP contribution is -2.12. The molecule has 1 N–H and O–H groups in total. The van der Waals surface area contributed by atoms with Crippen LogP contribution in [0.15, 0.2) is 29.1 Å². The van der Waals surface area contributed by atoms with E-state index in [1.165, 1.54) is 23.2 Å². The van der Waals surface area contributed by atoms with Crippen LogP contribution >= 0.6 is 22.7 Å². The van der Waals surface area contributed by atoms with E-state index in [1.807, 2.05) is 6.20 Å². The quantitative estimate of drug-likeness (QED) is 0.778. The van der Waals surface area contributed by atoms with E-state index in [0.29, 0.717) is 6.04 Å². The third-order valence-electron chi connectivity index (χ3n) is 3.49. The average Bonchev–Trinajstić information content (AvgIpc) is 3.18. The summed E-state index contributed by atoms with van der Waals surface area (Å²) < 4.78 is 1.23. The number of fused-ring (bicyclic) bond motifs is 1. The van der Waals surface area contributed by atoms with E-state index in [0.717, 1.165) is 22.6 Å². The Labute approximate surface area is 119 Å². The molecule has 4 heterocycles. The van der Waals surface area contributed by atoms with Crippen molar-refractivity contribution in [3.63, 3.8) is 0 Å². The lowest BCUT2D eigenvalue weighted by atomic mass is 10.2. The van der Waals surface area contributed by atoms with Crippen LogP contribution < -0.4 is 5.32 Å². The van der Waals surface area contributed by atoms with Gasteiger partial charge in [-0.1, -0.05) is 0 Å². The first kappa shape index (κ1) is 11.5. The van der Waals surface area contributed by atoms with Crippen LogP contribution in [0.4, 0.5) is 0 Å². The first-order valence-electron chi connectivity index (χ1n) is 6.42. The minimum atomic E-state index is 0.448. The van der Waals surface area contributed by atoms with Gasteiger partial charge in [0, 0.05) is 17.1 Å². The molecule has 1 aliphatic heterocycles. The average molecular weight is 287 g/mol. The minimum Gasteiger partial charge on any atom is -0.309 e. The number of hydrogen-bond acceptors (Lipinski definition) is 5. The molecule has 1 unspecified atom stereocenters. The zero-order valence-corrected chi connectivity index (χ0v) is 11.9. The van der Waals surface area contributed by atoms with Gasteiger partial charge < -0.3 is 5.32 Å². The first-order valence-corrected chi connectivity index (χ1v) is 8.18. The molecule has 0 bridgehead atoms. The van der Waals surface area contributed by atoms with Crippen LogP contribution in [-0.4, -0.2) is 16.5 Å². The summed E-state index contributed by atoms with van der Waals surface area (Å²) in [5.74, 6) is 0. The Hall–Kier alpha value is -1.30. The smallest absolute Gasteiger partial charge is 0.125 e. The number of rotatable bonds is 2. The molecule has 0 radical (unpaired) electrons. The monoisotopic (exact) mass is 287 g/mol. The highest BCUT2D eigenvalue weighted by Crippen LogP contribution is 2.31. The Bertz CT molecular complexity index is 710. The lowest BCUT2D eigenvalue weighted by Gasteiger charge is -2.04. The van der Waals surface area contributed by atoms with Crippen LogP contribution in [0.2, 0.25) is 0 Å². The van der Waals surface area contributed by atoms with Gasteiger partial charge in [-0.2, -0.15) is 0 Å². The SMILES string of the molecule is c1cc2ncc(-c3nc(C4CCCN4)cs3)cc2s1. The third kappa shape index (κ3) is 2.08. The van der Waals surface area contributed by atoms with Crippen molar-refractivity contribution < 1.29 is 0 Å². The van der Waals surface area contributed by atoms with Crippen LogP contribution in [0, 0.1) is 0 Å². The van der Waals surface area contributed by atoms with Crippen molar-refractivity contribution in [3.05, 3.63) is 34.8 Å². The number of thiazole rings is 1. The van der Waals surface area contributed by atoms with Gasteiger partial charge in [0.2, 0.25) is 0 Å². The largest absolute Gasteiger partial charge is 0.309 e. The number of nitrogens with zero attached hydrogens (tertiary/aromatic N) is 2. The summed E-state index contributed by atoms with van der Waals surface area (Å²) in [6, 6.07) is 4.69. The summed E-state index contributed by atoms with van der Waals surface area (Å²) >= 11 is 3.44. The molecular weight excluding hydrogens is 274 g/mol. The van der Waals surface area contributed by atoms with Crippen LogP contribution in [-0.2, 0) is 0 Å². The maximum atomic E-state index is 4.77. The van der Waals surface area contributed by atoms with Crippen molar-refractivity contribution in [3.8, 4) is 10.6 Å². The number of pyridine rings is 1. The summed E-state index contributed by atoms with van der Waals surface area (Å²) in [5, 5.41) is 8.83. The van der Waals surface area contributed by atoms with Crippen molar-refractivity contribution in [2.45, 2.75) is 18.9 Å². The molecule has 5 heteroatoms. The molecule has 3 aromatic heterocycles. The zero-order valence-electron chi connectivity index (χ0n) is 10.3. The number of thiophene rings is 1. The molecule has 3 aromatic rings. The summed E-state index contributed by atoms with van der Waals surface area (Å²) in [5.41, 5.74) is 3.39. The van der Waals surface area contributed by atoms with Crippen LogP contribution in [0.3, 0.4) is 0 Å². The van der Waals surface area contributed by atoms with E-state index in [9.17, 15) is 0 Å². The third-order valence-corrected chi connectivity index (χ3v) is 5.25. The standard InChI is InChI=1S/C14H13N3S2/c1-2-10(15-4-1)12-8-19-14(17-12)9-6-13-11(16-7-9)3-5-18-13/h3,5-8,10,15H,1-2,4H2. The molecule has 0 aliphatic carbocycles. The molecular formula is C14H13N3S2. The van der Waals surface area contributed by atoms with Crippen LogP contribution in [0.5, 0.6) is 0 Å². The fourth-order valence-corrected chi connectivity index (χ4v) is 4.11. The fraction of sp³-hybridized carbons (Fsp3) is 0.286. The minimum absolute atomic E-state index is 0.448. The highest BCUT2D eigenvalue weighted by molar-refractivity contribution is 7.17. The van der Waals surface area contributed by atoms with E-state index in [1.54, 1.807) is 22.7 Å². The topological polar surface area (TPSA) is 37.8 Å². The highest BCUT2D eigenvalue weighted by Gasteiger charge is 2.19. The van der Waals surface area contributed by atoms with Gasteiger partial charge in [-0.25, -0.2) is 4.98 Å². The summed E-state index contributed by atoms with van der Waals surface area (Å²) in [6.45, 7) is 1.11. The predicted molar refractivity (Wildman–Crippen MR) is 80.7 cm³/mol. The predicted octanol–water partition coefficient (Wildman–Crippen LogP) is 3.84. The van der Waals surface area contributed by atoms with E-state index < -0.39 is 0 Å². The van der Waals surface area contributed by atoms with Gasteiger partial charge in [-0.3, -0.25) is 4.98 Å². The summed E-state index contributed by atoms with van der Waals surface area (Å²) in [7, 11) is 0. The Morgan fingerprint density at radius 2 is 2.32 bits per heavy atom. The van der Waals surface area contributed by atoms with Gasteiger partial charge in [0.05, 0.1) is 22.0 Å². The van der Waals surface area contributed by atoms with Gasteiger partial charge in [0.15, 0.2) is 0 Å². The molecule has 4 rings (SSSR count). The molecule has 0 aromatic carbocycles. The van der Waals surface area contributed by atoms with E-state index in [4.69, 9.17) is 4.98 Å². The molecule has 1 saturated heterocycles. The first-order chi connectivity index (χ1) is 9.40. The molecule has 1 atom stereocenters. The van der Waals surface area contributed by atoms with Crippen molar-refractivity contribution in [2.24, 2.45) is 0 Å². The number of nitrogens with one attached hydrogen (secondary N) is 1. The van der Waals surface area contributed by atoms with Crippen LogP contribution in [0.25, 0.3) is 20.8 Å². The van der Waals surface area contributed by atoms with Crippen molar-refractivity contribution in [1.82, 2.24) is 15.3 Å². The van der Waals surface area contributed by atoms with E-state index in [-0.39, 0.29) is 0 Å². The van der Waals surface area contributed by atoms with Gasteiger partial charge in [-0.05, 0) is 36.9 Å². The van der Waals surface area contributed by atoms with E-state index >= 15 is 0 Å². The van der Waals surface area contributed by atoms with Crippen molar-refractivity contribution in [2.75, 3.05) is 6.54 Å². The molecule has 0 amide bonds. The Balaban J connectivity index is 1.70. The van der Waals surface area contributed by atoms with Crippen LogP contribution in [0.1, 0.15) is 24.6 Å². The Morgan fingerprint density at radius 1 is 1.32 bits per heavy atom. The van der Waals surface area contributed by atoms with Gasteiger partial charge in [0.1, 0.15) is 5.01 Å². The lowest BCUT2D eigenvalue weighted by molar-refractivity contribution is 0.632. The van der Waals surface area contributed by atoms with Crippen molar-refractivity contribution >= 4 is 32.9 Å². The fourth-order valence-electron chi connectivity index (χ4n) is 2.48. The highest BCUT2D eigenvalue weighted by atomic mass is 32.1. The number of aromatic nitrogens is 2. The molecule has 19 heavy (non-hydrogen) atoms. The summed E-state index contributed by atoms with van der Waals surface area (Å²) in [4.78, 5) is 9.26.